The molecule has 1 heterocycles. The van der Waals surface area contributed by atoms with Crippen molar-refractivity contribution in [2.24, 2.45) is 0 Å². The van der Waals surface area contributed by atoms with Gasteiger partial charge in [0.15, 0.2) is 12.4 Å². The summed E-state index contributed by atoms with van der Waals surface area (Å²) in [4.78, 5) is 24.5. The molecule has 0 amide bonds. The van der Waals surface area contributed by atoms with Gasteiger partial charge in [0.2, 0.25) is 0 Å². The molecular formula is C25H25NO5. The van der Waals surface area contributed by atoms with E-state index in [4.69, 9.17) is 14.0 Å². The van der Waals surface area contributed by atoms with Crippen molar-refractivity contribution in [3.63, 3.8) is 0 Å². The van der Waals surface area contributed by atoms with Gasteiger partial charge in [-0.1, -0.05) is 29.4 Å². The summed E-state index contributed by atoms with van der Waals surface area (Å²) in [6, 6.07) is 13.0. The number of aryl methyl sites for hydroxylation is 4. The largest absolute Gasteiger partial charge is 0.489 e. The highest BCUT2D eigenvalue weighted by atomic mass is 16.5. The van der Waals surface area contributed by atoms with E-state index in [1.54, 1.807) is 12.1 Å². The Morgan fingerprint density at radius 3 is 2.55 bits per heavy atom. The Balaban J connectivity index is 1.25. The van der Waals surface area contributed by atoms with Gasteiger partial charge in [-0.2, -0.15) is 0 Å². The highest BCUT2D eigenvalue weighted by molar-refractivity contribution is 5.98. The number of aromatic nitrogens is 1. The number of ether oxygens (including phenoxy) is 2. The van der Waals surface area contributed by atoms with E-state index in [2.05, 4.69) is 5.16 Å². The third kappa shape index (κ3) is 5.02. The number of hydrogen-bond donors (Lipinski definition) is 0. The lowest BCUT2D eigenvalue weighted by Gasteiger charge is -2.08. The van der Waals surface area contributed by atoms with Crippen molar-refractivity contribution in [1.29, 1.82) is 0 Å². The van der Waals surface area contributed by atoms with Gasteiger partial charge >= 0.3 is 5.97 Å². The minimum absolute atomic E-state index is 0.0988. The Morgan fingerprint density at radius 2 is 1.81 bits per heavy atom. The molecule has 2 aromatic carbocycles. The lowest BCUT2D eigenvalue weighted by molar-refractivity contribution is -0.141. The Morgan fingerprint density at radius 1 is 1.03 bits per heavy atom. The van der Waals surface area contributed by atoms with Crippen LogP contribution in [-0.2, 0) is 35.4 Å². The summed E-state index contributed by atoms with van der Waals surface area (Å²) in [5, 5.41) is 3.91. The number of hydrogen-bond acceptors (Lipinski definition) is 6. The monoisotopic (exact) mass is 419 g/mol. The lowest BCUT2D eigenvalue weighted by atomic mass is 10.0. The SMILES string of the molecule is Cc1noc(C)c1COc1ccc(CC(=O)OCC(=O)c2ccc3c(c2)CCC3)cc1. The average molecular weight is 419 g/mol. The van der Waals surface area contributed by atoms with Crippen LogP contribution in [0.4, 0.5) is 0 Å². The van der Waals surface area contributed by atoms with Crippen molar-refractivity contribution >= 4 is 11.8 Å². The summed E-state index contributed by atoms with van der Waals surface area (Å²) in [5.41, 5.74) is 5.68. The zero-order valence-electron chi connectivity index (χ0n) is 17.8. The molecule has 1 aromatic heterocycles. The molecule has 0 radical (unpaired) electrons. The van der Waals surface area contributed by atoms with Crippen LogP contribution in [0.1, 0.15) is 50.5 Å². The van der Waals surface area contributed by atoms with E-state index in [0.29, 0.717) is 17.9 Å². The van der Waals surface area contributed by atoms with Crippen molar-refractivity contribution < 1.29 is 23.6 Å². The number of ketones is 1. The number of rotatable bonds is 8. The van der Waals surface area contributed by atoms with E-state index >= 15 is 0 Å². The Bertz CT molecular complexity index is 1080. The molecule has 6 nitrogen and oxygen atoms in total. The molecule has 0 saturated heterocycles. The van der Waals surface area contributed by atoms with Crippen LogP contribution in [0, 0.1) is 13.8 Å². The van der Waals surface area contributed by atoms with Gasteiger partial charge < -0.3 is 14.0 Å². The first kappa shape index (κ1) is 20.8. The van der Waals surface area contributed by atoms with Crippen LogP contribution in [0.3, 0.4) is 0 Å². The molecule has 0 fully saturated rings. The molecule has 0 N–H and O–H groups in total. The number of carbonyl (C=O) groups is 2. The Labute approximate surface area is 181 Å². The van der Waals surface area contributed by atoms with Crippen molar-refractivity contribution in [2.45, 2.75) is 46.1 Å². The van der Waals surface area contributed by atoms with Crippen molar-refractivity contribution in [2.75, 3.05) is 6.61 Å². The smallest absolute Gasteiger partial charge is 0.310 e. The molecule has 0 unspecified atom stereocenters. The van der Waals surface area contributed by atoms with Crippen LogP contribution in [0.25, 0.3) is 0 Å². The second-order valence-electron chi connectivity index (χ2n) is 7.83. The van der Waals surface area contributed by atoms with Gasteiger partial charge in [-0.15, -0.1) is 0 Å². The fourth-order valence-corrected chi connectivity index (χ4v) is 3.76. The number of nitrogens with zero attached hydrogens (tertiary/aromatic N) is 1. The molecule has 1 aliphatic rings. The Kier molecular flexibility index (Phi) is 6.16. The predicted octanol–water partition coefficient (Wildman–Crippen LogP) is 4.33. The van der Waals surface area contributed by atoms with Gasteiger partial charge in [-0.3, -0.25) is 9.59 Å². The van der Waals surface area contributed by atoms with Crippen LogP contribution in [0.5, 0.6) is 5.75 Å². The van der Waals surface area contributed by atoms with E-state index in [1.165, 1.54) is 11.1 Å². The van der Waals surface area contributed by atoms with Crippen molar-refractivity contribution in [3.8, 4) is 5.75 Å². The zero-order chi connectivity index (χ0) is 21.8. The molecule has 0 saturated carbocycles. The molecule has 0 bridgehead atoms. The molecule has 31 heavy (non-hydrogen) atoms. The summed E-state index contributed by atoms with van der Waals surface area (Å²) < 4.78 is 16.1. The van der Waals surface area contributed by atoms with Gasteiger partial charge in [0.25, 0.3) is 0 Å². The lowest BCUT2D eigenvalue weighted by Crippen LogP contribution is -2.16. The van der Waals surface area contributed by atoms with E-state index in [1.807, 2.05) is 44.2 Å². The van der Waals surface area contributed by atoms with Gasteiger partial charge in [-0.05, 0) is 68.0 Å². The molecule has 0 atom stereocenters. The second-order valence-corrected chi connectivity index (χ2v) is 7.83. The van der Waals surface area contributed by atoms with E-state index in [-0.39, 0.29) is 18.8 Å². The molecular weight excluding hydrogens is 394 g/mol. The number of Topliss-reactive ketones (excluding diaryl/α,β-unsaturated/α-hetero) is 1. The maximum atomic E-state index is 12.4. The van der Waals surface area contributed by atoms with E-state index in [9.17, 15) is 9.59 Å². The predicted molar refractivity (Wildman–Crippen MR) is 114 cm³/mol. The number of benzene rings is 2. The summed E-state index contributed by atoms with van der Waals surface area (Å²) in [7, 11) is 0. The molecule has 3 aromatic rings. The molecule has 0 aliphatic heterocycles. The molecule has 1 aliphatic carbocycles. The number of fused-ring (bicyclic) bond motifs is 1. The average Bonchev–Trinajstić information content (AvgIpc) is 3.37. The first-order valence-electron chi connectivity index (χ1n) is 10.4. The first-order chi connectivity index (χ1) is 15.0. The minimum Gasteiger partial charge on any atom is -0.489 e. The minimum atomic E-state index is -0.432. The molecule has 0 spiro atoms. The van der Waals surface area contributed by atoms with Crippen molar-refractivity contribution in [1.82, 2.24) is 5.16 Å². The summed E-state index contributed by atoms with van der Waals surface area (Å²) in [6.45, 7) is 3.85. The zero-order valence-corrected chi connectivity index (χ0v) is 17.8. The highest BCUT2D eigenvalue weighted by Gasteiger charge is 2.16. The summed E-state index contributed by atoms with van der Waals surface area (Å²) >= 11 is 0. The van der Waals surface area contributed by atoms with Crippen LogP contribution in [0.2, 0.25) is 0 Å². The normalized spacial score (nSPS) is 12.5. The Hall–Kier alpha value is -3.41. The van der Waals surface area contributed by atoms with Crippen LogP contribution in [0.15, 0.2) is 47.0 Å². The topological polar surface area (TPSA) is 78.6 Å². The van der Waals surface area contributed by atoms with Crippen LogP contribution < -0.4 is 4.74 Å². The standard InChI is InChI=1S/C25H25NO5/c1-16-23(17(2)31-26-16)14-29-22-10-6-18(7-11-22)12-25(28)30-15-24(27)21-9-8-19-4-3-5-20(19)13-21/h6-11,13H,3-5,12,14-15H2,1-2H3. The summed E-state index contributed by atoms with van der Waals surface area (Å²) in [5.74, 6) is 0.820. The van der Waals surface area contributed by atoms with E-state index in [0.717, 1.165) is 41.8 Å². The highest BCUT2D eigenvalue weighted by Crippen LogP contribution is 2.23. The summed E-state index contributed by atoms with van der Waals surface area (Å²) in [6.07, 6.45) is 3.31. The van der Waals surface area contributed by atoms with Crippen LogP contribution in [-0.4, -0.2) is 23.5 Å². The maximum Gasteiger partial charge on any atom is 0.310 e. The van der Waals surface area contributed by atoms with Crippen LogP contribution >= 0.6 is 0 Å². The molecule has 160 valence electrons. The fraction of sp³-hybridized carbons (Fsp3) is 0.320. The van der Waals surface area contributed by atoms with Gasteiger partial charge in [-0.25, -0.2) is 0 Å². The third-order valence-corrected chi connectivity index (χ3v) is 5.62. The van der Waals surface area contributed by atoms with Gasteiger partial charge in [0, 0.05) is 5.56 Å². The van der Waals surface area contributed by atoms with Gasteiger partial charge in [0.05, 0.1) is 17.7 Å². The van der Waals surface area contributed by atoms with E-state index < -0.39 is 5.97 Å². The number of esters is 1. The second kappa shape index (κ2) is 9.16. The fourth-order valence-electron chi connectivity index (χ4n) is 3.76. The first-order valence-corrected chi connectivity index (χ1v) is 10.4. The third-order valence-electron chi connectivity index (χ3n) is 5.62. The van der Waals surface area contributed by atoms with Gasteiger partial charge in [0.1, 0.15) is 18.1 Å². The van der Waals surface area contributed by atoms with Crippen molar-refractivity contribution in [3.05, 3.63) is 81.7 Å². The molecule has 6 heteroatoms. The molecule has 4 rings (SSSR count). The number of carbonyl (C=O) groups excluding carboxylic acids is 2. The quantitative estimate of drug-likeness (QED) is 0.400. The maximum absolute atomic E-state index is 12.4.